The summed E-state index contributed by atoms with van der Waals surface area (Å²) in [5.41, 5.74) is 1.07. The van der Waals surface area contributed by atoms with E-state index in [4.69, 9.17) is 4.74 Å². The van der Waals surface area contributed by atoms with E-state index in [0.29, 0.717) is 19.7 Å². The fourth-order valence-electron chi connectivity index (χ4n) is 1.47. The summed E-state index contributed by atoms with van der Waals surface area (Å²) in [7, 11) is 0. The molecule has 0 aliphatic heterocycles. The van der Waals surface area contributed by atoms with Crippen LogP contribution in [0.4, 0.5) is 0 Å². The van der Waals surface area contributed by atoms with Crippen molar-refractivity contribution in [3.05, 3.63) is 28.5 Å². The Hall–Kier alpha value is -0.940. The molecule has 1 aromatic rings. The molecule has 1 rings (SSSR count). The number of esters is 1. The Morgan fingerprint density at radius 2 is 2.24 bits per heavy atom. The number of carbonyl (C=O) groups excluding carboxylic acids is 1. The topological polar surface area (TPSA) is 42.4 Å². The summed E-state index contributed by atoms with van der Waals surface area (Å²) in [5, 5.41) is 0. The highest BCUT2D eigenvalue weighted by molar-refractivity contribution is 9.10. The zero-order valence-corrected chi connectivity index (χ0v) is 11.7. The van der Waals surface area contributed by atoms with Crippen LogP contribution in [0.5, 0.6) is 0 Å². The van der Waals surface area contributed by atoms with Crippen LogP contribution in [0.1, 0.15) is 19.4 Å². The second kappa shape index (κ2) is 7.40. The first-order valence-corrected chi connectivity index (χ1v) is 6.42. The maximum Gasteiger partial charge on any atom is 0.320 e. The van der Waals surface area contributed by atoms with Crippen LogP contribution in [-0.4, -0.2) is 35.5 Å². The third-order valence-corrected chi connectivity index (χ3v) is 2.71. The Labute approximate surface area is 110 Å². The van der Waals surface area contributed by atoms with Crippen molar-refractivity contribution in [3.8, 4) is 0 Å². The van der Waals surface area contributed by atoms with Crippen molar-refractivity contribution in [2.45, 2.75) is 20.4 Å². The Bertz CT molecular complexity index is 371. The second-order valence-corrected chi connectivity index (χ2v) is 4.54. The van der Waals surface area contributed by atoms with Gasteiger partial charge < -0.3 is 4.74 Å². The smallest absolute Gasteiger partial charge is 0.320 e. The zero-order valence-electron chi connectivity index (χ0n) is 10.1. The molecule has 1 aromatic heterocycles. The highest BCUT2D eigenvalue weighted by Gasteiger charge is 2.10. The summed E-state index contributed by atoms with van der Waals surface area (Å²) in [4.78, 5) is 17.5. The van der Waals surface area contributed by atoms with Gasteiger partial charge in [0.25, 0.3) is 0 Å². The van der Waals surface area contributed by atoms with Gasteiger partial charge in [-0.25, -0.2) is 0 Å². The largest absolute Gasteiger partial charge is 0.465 e. The number of pyridine rings is 1. The summed E-state index contributed by atoms with van der Waals surface area (Å²) >= 11 is 3.38. The number of rotatable bonds is 6. The molecule has 0 saturated heterocycles. The number of nitrogens with zero attached hydrogens (tertiary/aromatic N) is 2. The lowest BCUT2D eigenvalue weighted by Crippen LogP contribution is -2.30. The first kappa shape index (κ1) is 14.1. The van der Waals surface area contributed by atoms with Crippen molar-refractivity contribution < 1.29 is 9.53 Å². The van der Waals surface area contributed by atoms with Gasteiger partial charge in [-0.1, -0.05) is 6.92 Å². The minimum Gasteiger partial charge on any atom is -0.465 e. The van der Waals surface area contributed by atoms with Crippen LogP contribution in [0.2, 0.25) is 0 Å². The van der Waals surface area contributed by atoms with Crippen LogP contribution in [0, 0.1) is 0 Å². The van der Waals surface area contributed by atoms with Gasteiger partial charge in [-0.2, -0.15) is 0 Å². The number of hydrogen-bond donors (Lipinski definition) is 0. The van der Waals surface area contributed by atoms with Crippen LogP contribution in [0.25, 0.3) is 0 Å². The fourth-order valence-corrected chi connectivity index (χ4v) is 1.88. The van der Waals surface area contributed by atoms with Crippen LogP contribution in [0.3, 0.4) is 0 Å². The molecule has 0 unspecified atom stereocenters. The lowest BCUT2D eigenvalue weighted by Gasteiger charge is -2.19. The molecule has 0 N–H and O–H groups in total. The molecule has 0 amide bonds. The van der Waals surface area contributed by atoms with Gasteiger partial charge >= 0.3 is 5.97 Å². The molecule has 0 aliphatic carbocycles. The maximum absolute atomic E-state index is 11.4. The number of halogens is 1. The van der Waals surface area contributed by atoms with Gasteiger partial charge in [0.15, 0.2) is 0 Å². The van der Waals surface area contributed by atoms with E-state index in [9.17, 15) is 4.79 Å². The van der Waals surface area contributed by atoms with Gasteiger partial charge in [0.1, 0.15) is 0 Å². The zero-order chi connectivity index (χ0) is 12.7. The Morgan fingerprint density at radius 1 is 1.47 bits per heavy atom. The van der Waals surface area contributed by atoms with Gasteiger partial charge in [-0.05, 0) is 41.0 Å². The normalized spacial score (nSPS) is 10.6. The van der Waals surface area contributed by atoms with Crippen molar-refractivity contribution in [1.29, 1.82) is 0 Å². The molecule has 4 nitrogen and oxygen atoms in total. The Morgan fingerprint density at radius 3 is 2.82 bits per heavy atom. The molecule has 0 fully saturated rings. The Kier molecular flexibility index (Phi) is 6.15. The minimum atomic E-state index is -0.183. The summed E-state index contributed by atoms with van der Waals surface area (Å²) < 4.78 is 5.88. The lowest BCUT2D eigenvalue weighted by molar-refractivity contribution is -0.144. The molecule has 0 bridgehead atoms. The van der Waals surface area contributed by atoms with E-state index in [1.807, 2.05) is 24.8 Å². The van der Waals surface area contributed by atoms with Crippen molar-refractivity contribution in [2.75, 3.05) is 19.7 Å². The van der Waals surface area contributed by atoms with Crippen LogP contribution < -0.4 is 0 Å². The molecule has 0 aromatic carbocycles. The van der Waals surface area contributed by atoms with E-state index in [1.165, 1.54) is 0 Å². The van der Waals surface area contributed by atoms with Gasteiger partial charge in [0.05, 0.1) is 13.2 Å². The van der Waals surface area contributed by atoms with Crippen LogP contribution in [-0.2, 0) is 16.1 Å². The van der Waals surface area contributed by atoms with Gasteiger partial charge in [-0.3, -0.25) is 14.7 Å². The lowest BCUT2D eigenvalue weighted by atomic mass is 10.2. The van der Waals surface area contributed by atoms with Gasteiger partial charge in [-0.15, -0.1) is 0 Å². The van der Waals surface area contributed by atoms with Crippen molar-refractivity contribution in [1.82, 2.24) is 9.88 Å². The number of likely N-dealkylation sites (N-methyl/N-ethyl adjacent to an activating group) is 1. The SMILES string of the molecule is CCOC(=O)CN(CC)Cc1cncc(Br)c1. The molecule has 0 aliphatic rings. The molecule has 0 saturated carbocycles. The van der Waals surface area contributed by atoms with E-state index in [1.54, 1.807) is 12.4 Å². The second-order valence-electron chi connectivity index (χ2n) is 3.62. The molecular weight excluding hydrogens is 284 g/mol. The van der Waals surface area contributed by atoms with E-state index in [-0.39, 0.29) is 5.97 Å². The predicted molar refractivity (Wildman–Crippen MR) is 69.5 cm³/mol. The van der Waals surface area contributed by atoms with Crippen molar-refractivity contribution >= 4 is 21.9 Å². The van der Waals surface area contributed by atoms with Gasteiger partial charge in [0, 0.05) is 23.4 Å². The van der Waals surface area contributed by atoms with Crippen LogP contribution in [0.15, 0.2) is 22.9 Å². The summed E-state index contributed by atoms with van der Waals surface area (Å²) in [6, 6.07) is 2.00. The third kappa shape index (κ3) is 5.28. The summed E-state index contributed by atoms with van der Waals surface area (Å²) in [6.45, 7) is 6.07. The fraction of sp³-hybridized carbons (Fsp3) is 0.500. The molecule has 94 valence electrons. The van der Waals surface area contributed by atoms with E-state index in [2.05, 4.69) is 20.9 Å². The number of ether oxygens (including phenoxy) is 1. The molecule has 17 heavy (non-hydrogen) atoms. The van der Waals surface area contributed by atoms with Crippen molar-refractivity contribution in [3.63, 3.8) is 0 Å². The number of carbonyl (C=O) groups is 1. The van der Waals surface area contributed by atoms with Gasteiger partial charge in [0.2, 0.25) is 0 Å². The molecule has 1 heterocycles. The minimum absolute atomic E-state index is 0.183. The van der Waals surface area contributed by atoms with E-state index >= 15 is 0 Å². The first-order chi connectivity index (χ1) is 8.15. The first-order valence-electron chi connectivity index (χ1n) is 5.63. The summed E-state index contributed by atoms with van der Waals surface area (Å²) in [5.74, 6) is -0.183. The number of aromatic nitrogens is 1. The highest BCUT2D eigenvalue weighted by atomic mass is 79.9. The molecule has 0 radical (unpaired) electrons. The van der Waals surface area contributed by atoms with E-state index in [0.717, 1.165) is 16.6 Å². The molecule has 5 heteroatoms. The molecule has 0 spiro atoms. The number of hydrogen-bond acceptors (Lipinski definition) is 4. The van der Waals surface area contributed by atoms with E-state index < -0.39 is 0 Å². The predicted octanol–water partition coefficient (Wildman–Crippen LogP) is 2.23. The summed E-state index contributed by atoms with van der Waals surface area (Å²) in [6.07, 6.45) is 3.55. The monoisotopic (exact) mass is 300 g/mol. The Balaban J connectivity index is 2.54. The maximum atomic E-state index is 11.4. The standard InChI is InChI=1S/C12H17BrN2O2/c1-3-15(9-12(16)17-4-2)8-10-5-11(13)7-14-6-10/h5-7H,3-4,8-9H2,1-2H3. The molecule has 0 atom stereocenters. The average Bonchev–Trinajstić information content (AvgIpc) is 2.28. The van der Waals surface area contributed by atoms with Crippen LogP contribution >= 0.6 is 15.9 Å². The highest BCUT2D eigenvalue weighted by Crippen LogP contribution is 2.11. The van der Waals surface area contributed by atoms with Crippen molar-refractivity contribution in [2.24, 2.45) is 0 Å². The quantitative estimate of drug-likeness (QED) is 0.756. The third-order valence-electron chi connectivity index (χ3n) is 2.27. The average molecular weight is 301 g/mol. The molecular formula is C12H17BrN2O2.